The molecule has 0 fully saturated rings. The fraction of sp³-hybridized carbons (Fsp3) is 0.308. The maximum absolute atomic E-state index is 12.1. The van der Waals surface area contributed by atoms with E-state index in [4.69, 9.17) is 4.84 Å². The molecule has 22 heavy (non-hydrogen) atoms. The molecule has 2 aromatic rings. The highest BCUT2D eigenvalue weighted by atomic mass is 19.4. The number of ether oxygens (including phenoxy) is 1. The average molecular weight is 312 g/mol. The third-order valence-corrected chi connectivity index (χ3v) is 3.23. The van der Waals surface area contributed by atoms with Gasteiger partial charge in [0.05, 0.1) is 6.42 Å². The second-order valence-corrected chi connectivity index (χ2v) is 4.92. The van der Waals surface area contributed by atoms with Crippen LogP contribution in [0.15, 0.2) is 42.1 Å². The van der Waals surface area contributed by atoms with Crippen molar-refractivity contribution >= 4 is 5.84 Å². The standard InChI is InChI=1S/C13H11F3N4O2/c1-12(6-11(19-22-12)20-8-17-7-18-20)9-2-4-10(5-3-9)21-13(14,15)16/h2-5,7-8H,6H2,1H3/t12-/m0/s1. The van der Waals surface area contributed by atoms with E-state index in [1.54, 1.807) is 6.92 Å². The molecule has 0 bridgehead atoms. The summed E-state index contributed by atoms with van der Waals surface area (Å²) in [4.78, 5) is 9.27. The molecule has 1 aromatic carbocycles. The molecule has 1 aliphatic heterocycles. The minimum absolute atomic E-state index is 0.282. The molecule has 3 rings (SSSR count). The Bertz CT molecular complexity index is 682. The van der Waals surface area contributed by atoms with E-state index in [0.717, 1.165) is 0 Å². The van der Waals surface area contributed by atoms with Gasteiger partial charge in [0.15, 0.2) is 11.4 Å². The number of halogens is 3. The van der Waals surface area contributed by atoms with E-state index in [9.17, 15) is 13.2 Å². The largest absolute Gasteiger partial charge is 0.573 e. The van der Waals surface area contributed by atoms with Gasteiger partial charge in [0.2, 0.25) is 0 Å². The average Bonchev–Trinajstić information content (AvgIpc) is 3.07. The fourth-order valence-electron chi connectivity index (χ4n) is 2.15. The van der Waals surface area contributed by atoms with Gasteiger partial charge < -0.3 is 9.57 Å². The number of benzene rings is 1. The van der Waals surface area contributed by atoms with Crippen LogP contribution in [0.5, 0.6) is 5.75 Å². The minimum atomic E-state index is -4.71. The maximum Gasteiger partial charge on any atom is 0.573 e. The molecule has 1 atom stereocenters. The van der Waals surface area contributed by atoms with Crippen LogP contribution < -0.4 is 4.74 Å². The number of hydrogen-bond acceptors (Lipinski definition) is 5. The molecule has 0 amide bonds. The van der Waals surface area contributed by atoms with Crippen LogP contribution in [0, 0.1) is 0 Å². The van der Waals surface area contributed by atoms with Crippen LogP contribution >= 0.6 is 0 Å². The number of alkyl halides is 3. The quantitative estimate of drug-likeness (QED) is 0.855. The maximum atomic E-state index is 12.1. The number of hydrogen-bond donors (Lipinski definition) is 0. The van der Waals surface area contributed by atoms with Crippen molar-refractivity contribution in [2.45, 2.75) is 25.3 Å². The molecule has 0 spiro atoms. The lowest BCUT2D eigenvalue weighted by Crippen LogP contribution is -2.24. The van der Waals surface area contributed by atoms with Crippen molar-refractivity contribution in [2.24, 2.45) is 5.16 Å². The number of nitrogens with zero attached hydrogens (tertiary/aromatic N) is 4. The first-order valence-electron chi connectivity index (χ1n) is 6.32. The first-order valence-corrected chi connectivity index (χ1v) is 6.32. The summed E-state index contributed by atoms with van der Waals surface area (Å²) in [6.45, 7) is 1.79. The van der Waals surface area contributed by atoms with Crippen LogP contribution in [0.3, 0.4) is 0 Å². The molecule has 0 saturated heterocycles. The van der Waals surface area contributed by atoms with Gasteiger partial charge in [0, 0.05) is 0 Å². The van der Waals surface area contributed by atoms with Gasteiger partial charge in [0.25, 0.3) is 0 Å². The Morgan fingerprint density at radius 3 is 2.59 bits per heavy atom. The summed E-state index contributed by atoms with van der Waals surface area (Å²) < 4.78 is 41.8. The van der Waals surface area contributed by atoms with Crippen molar-refractivity contribution < 1.29 is 22.7 Å². The summed E-state index contributed by atoms with van der Waals surface area (Å²) in [5, 5.41) is 7.92. The van der Waals surface area contributed by atoms with Crippen LogP contribution in [0.25, 0.3) is 0 Å². The summed E-state index contributed by atoms with van der Waals surface area (Å²) in [6.07, 6.45) is -1.43. The lowest BCUT2D eigenvalue weighted by Gasteiger charge is -2.22. The fourth-order valence-corrected chi connectivity index (χ4v) is 2.15. The summed E-state index contributed by atoms with van der Waals surface area (Å²) >= 11 is 0. The second kappa shape index (κ2) is 5.00. The zero-order valence-corrected chi connectivity index (χ0v) is 11.4. The van der Waals surface area contributed by atoms with Crippen molar-refractivity contribution in [3.05, 3.63) is 42.5 Å². The van der Waals surface area contributed by atoms with Crippen LogP contribution in [0.2, 0.25) is 0 Å². The minimum Gasteiger partial charge on any atom is -0.406 e. The highest BCUT2D eigenvalue weighted by molar-refractivity contribution is 5.85. The highest BCUT2D eigenvalue weighted by Crippen LogP contribution is 2.35. The molecule has 116 valence electrons. The van der Waals surface area contributed by atoms with Gasteiger partial charge in [0.1, 0.15) is 18.4 Å². The number of aromatic nitrogens is 3. The number of rotatable bonds is 2. The molecule has 0 saturated carbocycles. The predicted octanol–water partition coefficient (Wildman–Crippen LogP) is 2.67. The van der Waals surface area contributed by atoms with Crippen LogP contribution in [-0.4, -0.2) is 27.0 Å². The monoisotopic (exact) mass is 312 g/mol. The lowest BCUT2D eigenvalue weighted by atomic mass is 9.92. The molecule has 0 unspecified atom stereocenters. The Balaban J connectivity index is 1.75. The smallest absolute Gasteiger partial charge is 0.406 e. The van der Waals surface area contributed by atoms with E-state index in [1.165, 1.54) is 41.6 Å². The first-order chi connectivity index (χ1) is 10.4. The molecule has 0 aliphatic carbocycles. The second-order valence-electron chi connectivity index (χ2n) is 4.92. The SMILES string of the molecule is C[C@@]1(c2ccc(OC(F)(F)F)cc2)CC(n2cncn2)=NO1. The molecule has 1 aliphatic rings. The summed E-state index contributed by atoms with van der Waals surface area (Å²) in [7, 11) is 0. The lowest BCUT2D eigenvalue weighted by molar-refractivity contribution is -0.274. The Labute approximate surface area is 123 Å². The first kappa shape index (κ1) is 14.4. The van der Waals surface area contributed by atoms with Gasteiger partial charge in [-0.05, 0) is 24.6 Å². The molecular formula is C13H11F3N4O2. The zero-order chi connectivity index (χ0) is 15.8. The summed E-state index contributed by atoms with van der Waals surface area (Å²) in [5.74, 6) is 0.283. The third-order valence-electron chi connectivity index (χ3n) is 3.23. The topological polar surface area (TPSA) is 61.5 Å². The Morgan fingerprint density at radius 1 is 1.27 bits per heavy atom. The van der Waals surface area contributed by atoms with Gasteiger partial charge in [-0.15, -0.1) is 13.2 Å². The zero-order valence-electron chi connectivity index (χ0n) is 11.4. The van der Waals surface area contributed by atoms with Gasteiger partial charge in [-0.2, -0.15) is 5.10 Å². The molecular weight excluding hydrogens is 301 g/mol. The van der Waals surface area contributed by atoms with E-state index in [2.05, 4.69) is 20.0 Å². The number of oxime groups is 1. The molecule has 0 N–H and O–H groups in total. The van der Waals surface area contributed by atoms with Crippen molar-refractivity contribution in [3.63, 3.8) is 0 Å². The van der Waals surface area contributed by atoms with Gasteiger partial charge in [-0.3, -0.25) is 0 Å². The highest BCUT2D eigenvalue weighted by Gasteiger charge is 2.37. The Kier molecular flexibility index (Phi) is 3.27. The normalized spacial score (nSPS) is 21.4. The van der Waals surface area contributed by atoms with E-state index >= 15 is 0 Å². The van der Waals surface area contributed by atoms with E-state index < -0.39 is 12.0 Å². The predicted molar refractivity (Wildman–Crippen MR) is 69.0 cm³/mol. The van der Waals surface area contributed by atoms with E-state index in [1.807, 2.05) is 0 Å². The van der Waals surface area contributed by atoms with Crippen LogP contribution in [0.1, 0.15) is 18.9 Å². The van der Waals surface area contributed by atoms with Crippen molar-refractivity contribution in [1.29, 1.82) is 0 Å². The molecule has 0 radical (unpaired) electrons. The summed E-state index contributed by atoms with van der Waals surface area (Å²) in [6, 6.07) is 5.51. The van der Waals surface area contributed by atoms with Crippen molar-refractivity contribution in [2.75, 3.05) is 0 Å². The van der Waals surface area contributed by atoms with Crippen molar-refractivity contribution in [1.82, 2.24) is 14.8 Å². The molecule has 6 nitrogen and oxygen atoms in total. The van der Waals surface area contributed by atoms with Gasteiger partial charge in [-0.1, -0.05) is 17.3 Å². The third kappa shape index (κ3) is 2.87. The van der Waals surface area contributed by atoms with Crippen LogP contribution in [0.4, 0.5) is 13.2 Å². The Hall–Kier alpha value is -2.58. The molecule has 1 aromatic heterocycles. The van der Waals surface area contributed by atoms with E-state index in [0.29, 0.717) is 17.8 Å². The molecule has 9 heteroatoms. The van der Waals surface area contributed by atoms with Gasteiger partial charge >= 0.3 is 6.36 Å². The van der Waals surface area contributed by atoms with Gasteiger partial charge in [-0.25, -0.2) is 9.67 Å². The molecule has 2 heterocycles. The Morgan fingerprint density at radius 2 is 2.00 bits per heavy atom. The van der Waals surface area contributed by atoms with Crippen LogP contribution in [-0.2, 0) is 10.4 Å². The summed E-state index contributed by atoms with van der Waals surface area (Å²) in [5.41, 5.74) is -0.0983. The van der Waals surface area contributed by atoms with Crippen molar-refractivity contribution in [3.8, 4) is 5.75 Å². The van der Waals surface area contributed by atoms with E-state index in [-0.39, 0.29) is 5.75 Å².